The molecule has 1 aliphatic heterocycles. The van der Waals surface area contributed by atoms with E-state index >= 15 is 0 Å². The maximum atomic E-state index is 6.27. The molecule has 0 aliphatic carbocycles. The molecule has 1 unspecified atom stereocenters. The molecule has 0 radical (unpaired) electrons. The monoisotopic (exact) mass is 232 g/mol. The molecule has 0 fully saturated rings. The van der Waals surface area contributed by atoms with E-state index < -0.39 is 0 Å². The number of hydrogen-bond acceptors (Lipinski definition) is 2. The Labute approximate surface area is 105 Å². The molecule has 1 heterocycles. The van der Waals surface area contributed by atoms with Crippen LogP contribution in [0.15, 0.2) is 24.3 Å². The molecule has 2 nitrogen and oxygen atoms in total. The van der Waals surface area contributed by atoms with E-state index in [-0.39, 0.29) is 6.04 Å². The van der Waals surface area contributed by atoms with Crippen LogP contribution < -0.4 is 10.6 Å². The maximum Gasteiger partial charge on any atom is 0.0399 e. The molecule has 0 spiro atoms. The van der Waals surface area contributed by atoms with E-state index in [1.54, 1.807) is 0 Å². The van der Waals surface area contributed by atoms with Gasteiger partial charge in [-0.25, -0.2) is 0 Å². The lowest BCUT2D eigenvalue weighted by molar-refractivity contribution is 0.435. The fraction of sp³-hybridized carbons (Fsp3) is 0.600. The van der Waals surface area contributed by atoms with Gasteiger partial charge in [0, 0.05) is 24.8 Å². The number of nitrogens with two attached hydrogens (primary N) is 1. The van der Waals surface area contributed by atoms with E-state index in [9.17, 15) is 0 Å². The van der Waals surface area contributed by atoms with Crippen LogP contribution in [-0.2, 0) is 6.42 Å². The zero-order chi connectivity index (χ0) is 12.3. The van der Waals surface area contributed by atoms with Crippen molar-refractivity contribution in [3.05, 3.63) is 29.8 Å². The highest BCUT2D eigenvalue weighted by Crippen LogP contribution is 2.27. The van der Waals surface area contributed by atoms with Crippen LogP contribution in [0.4, 0.5) is 5.69 Å². The van der Waals surface area contributed by atoms with E-state index in [1.807, 2.05) is 0 Å². The molecule has 1 aromatic carbocycles. The van der Waals surface area contributed by atoms with Gasteiger partial charge >= 0.3 is 0 Å². The summed E-state index contributed by atoms with van der Waals surface area (Å²) in [6.45, 7) is 6.61. The predicted molar refractivity (Wildman–Crippen MR) is 74.4 cm³/mol. The van der Waals surface area contributed by atoms with Gasteiger partial charge in [0.1, 0.15) is 0 Å². The molecular weight excluding hydrogens is 208 g/mol. The van der Waals surface area contributed by atoms with Crippen LogP contribution in [0.25, 0.3) is 0 Å². The van der Waals surface area contributed by atoms with Crippen molar-refractivity contribution < 1.29 is 0 Å². The van der Waals surface area contributed by atoms with E-state index in [0.717, 1.165) is 19.5 Å². The second kappa shape index (κ2) is 5.54. The first kappa shape index (κ1) is 12.4. The van der Waals surface area contributed by atoms with Crippen LogP contribution >= 0.6 is 0 Å². The third-order valence-electron chi connectivity index (χ3n) is 4.01. The van der Waals surface area contributed by atoms with Gasteiger partial charge < -0.3 is 10.6 Å². The van der Waals surface area contributed by atoms with Crippen LogP contribution in [0.1, 0.15) is 32.3 Å². The van der Waals surface area contributed by atoms with Crippen LogP contribution in [0.2, 0.25) is 0 Å². The largest absolute Gasteiger partial charge is 0.370 e. The van der Waals surface area contributed by atoms with E-state index in [0.29, 0.717) is 5.92 Å². The van der Waals surface area contributed by atoms with Crippen molar-refractivity contribution in [1.82, 2.24) is 0 Å². The molecule has 17 heavy (non-hydrogen) atoms. The van der Waals surface area contributed by atoms with Gasteiger partial charge in [0.2, 0.25) is 0 Å². The zero-order valence-corrected chi connectivity index (χ0v) is 11.0. The molecular formula is C15H24N2. The Kier molecular flexibility index (Phi) is 4.06. The molecule has 0 aromatic heterocycles. The molecule has 2 heteroatoms. The Morgan fingerprint density at radius 1 is 1.35 bits per heavy atom. The van der Waals surface area contributed by atoms with Crippen LogP contribution in [0.3, 0.4) is 0 Å². The number of para-hydroxylation sites is 1. The smallest absolute Gasteiger partial charge is 0.0399 e. The zero-order valence-electron chi connectivity index (χ0n) is 11.0. The summed E-state index contributed by atoms with van der Waals surface area (Å²) in [4.78, 5) is 2.47. The van der Waals surface area contributed by atoms with Crippen molar-refractivity contribution in [1.29, 1.82) is 0 Å². The van der Waals surface area contributed by atoms with Gasteiger partial charge in [-0.05, 0) is 30.4 Å². The summed E-state index contributed by atoms with van der Waals surface area (Å²) < 4.78 is 0. The molecule has 2 N–H and O–H groups in total. The van der Waals surface area contributed by atoms with Gasteiger partial charge in [0.05, 0.1) is 0 Å². The topological polar surface area (TPSA) is 29.3 Å². The number of hydrogen-bond donors (Lipinski definition) is 1. The van der Waals surface area contributed by atoms with E-state index in [2.05, 4.69) is 43.0 Å². The highest BCUT2D eigenvalue weighted by molar-refractivity contribution is 5.55. The Hall–Kier alpha value is -1.02. The lowest BCUT2D eigenvalue weighted by Crippen LogP contribution is -2.43. The SMILES string of the molecule is CCC(C)[C@H](N)CN1CCCc2ccccc21. The van der Waals surface area contributed by atoms with E-state index in [4.69, 9.17) is 5.73 Å². The van der Waals surface area contributed by atoms with Gasteiger partial charge in [-0.1, -0.05) is 38.5 Å². The highest BCUT2D eigenvalue weighted by Gasteiger charge is 2.20. The second-order valence-electron chi connectivity index (χ2n) is 5.23. The summed E-state index contributed by atoms with van der Waals surface area (Å²) in [7, 11) is 0. The average Bonchev–Trinajstić information content (AvgIpc) is 2.38. The number of aryl methyl sites for hydroxylation is 1. The first-order valence-corrected chi connectivity index (χ1v) is 6.80. The summed E-state index contributed by atoms with van der Waals surface area (Å²) >= 11 is 0. The summed E-state index contributed by atoms with van der Waals surface area (Å²) in [5, 5.41) is 0. The minimum Gasteiger partial charge on any atom is -0.370 e. The fourth-order valence-electron chi connectivity index (χ4n) is 2.54. The van der Waals surface area contributed by atoms with Crippen molar-refractivity contribution >= 4 is 5.69 Å². The molecule has 0 bridgehead atoms. The van der Waals surface area contributed by atoms with Crippen LogP contribution in [-0.4, -0.2) is 19.1 Å². The number of rotatable bonds is 4. The number of benzene rings is 1. The Morgan fingerprint density at radius 3 is 2.88 bits per heavy atom. The van der Waals surface area contributed by atoms with Gasteiger partial charge in [-0.3, -0.25) is 0 Å². The molecule has 0 saturated heterocycles. The lowest BCUT2D eigenvalue weighted by Gasteiger charge is -2.34. The Bertz CT molecular complexity index is 362. The Balaban J connectivity index is 2.08. The van der Waals surface area contributed by atoms with Crippen LogP contribution in [0.5, 0.6) is 0 Å². The van der Waals surface area contributed by atoms with Crippen molar-refractivity contribution in [3.63, 3.8) is 0 Å². The van der Waals surface area contributed by atoms with Crippen molar-refractivity contribution in [2.24, 2.45) is 11.7 Å². The van der Waals surface area contributed by atoms with Crippen molar-refractivity contribution in [3.8, 4) is 0 Å². The third kappa shape index (κ3) is 2.81. The van der Waals surface area contributed by atoms with Crippen molar-refractivity contribution in [2.75, 3.05) is 18.0 Å². The van der Waals surface area contributed by atoms with Gasteiger partial charge in [0.25, 0.3) is 0 Å². The molecule has 0 amide bonds. The molecule has 94 valence electrons. The van der Waals surface area contributed by atoms with Gasteiger partial charge in [0.15, 0.2) is 0 Å². The lowest BCUT2D eigenvalue weighted by atomic mass is 9.97. The quantitative estimate of drug-likeness (QED) is 0.865. The van der Waals surface area contributed by atoms with Gasteiger partial charge in [-0.2, -0.15) is 0 Å². The Morgan fingerprint density at radius 2 is 2.12 bits per heavy atom. The maximum absolute atomic E-state index is 6.27. The van der Waals surface area contributed by atoms with Crippen molar-refractivity contribution in [2.45, 2.75) is 39.2 Å². The number of anilines is 1. The van der Waals surface area contributed by atoms with E-state index in [1.165, 1.54) is 24.1 Å². The molecule has 0 saturated carbocycles. The standard InChI is InChI=1S/C15H24N2/c1-3-12(2)14(16)11-17-10-6-8-13-7-4-5-9-15(13)17/h4-5,7,9,12,14H,3,6,8,10-11,16H2,1-2H3/t12?,14-/m1/s1. The highest BCUT2D eigenvalue weighted by atomic mass is 15.1. The van der Waals surface area contributed by atoms with Gasteiger partial charge in [-0.15, -0.1) is 0 Å². The minimum atomic E-state index is 0.283. The molecule has 1 aliphatic rings. The predicted octanol–water partition coefficient (Wildman–Crippen LogP) is 2.81. The molecule has 2 atom stereocenters. The first-order chi connectivity index (χ1) is 8.22. The summed E-state index contributed by atoms with van der Waals surface area (Å²) in [6.07, 6.45) is 3.63. The summed E-state index contributed by atoms with van der Waals surface area (Å²) in [5.41, 5.74) is 9.16. The summed E-state index contributed by atoms with van der Waals surface area (Å²) in [6, 6.07) is 9.03. The second-order valence-corrected chi connectivity index (χ2v) is 5.23. The molecule has 2 rings (SSSR count). The first-order valence-electron chi connectivity index (χ1n) is 6.80. The average molecular weight is 232 g/mol. The van der Waals surface area contributed by atoms with Crippen LogP contribution in [0, 0.1) is 5.92 Å². The minimum absolute atomic E-state index is 0.283. The number of fused-ring (bicyclic) bond motifs is 1. The number of nitrogens with zero attached hydrogens (tertiary/aromatic N) is 1. The third-order valence-corrected chi connectivity index (χ3v) is 4.01. The normalized spacial score (nSPS) is 18.6. The summed E-state index contributed by atoms with van der Waals surface area (Å²) in [5.74, 6) is 0.601. The molecule has 1 aromatic rings. The fourth-order valence-corrected chi connectivity index (χ4v) is 2.54.